The van der Waals surface area contributed by atoms with E-state index in [0.29, 0.717) is 18.6 Å². The zero-order valence-corrected chi connectivity index (χ0v) is 20.9. The summed E-state index contributed by atoms with van der Waals surface area (Å²) in [5.74, 6) is -1.01. The fourth-order valence-corrected chi connectivity index (χ4v) is 6.27. The minimum Gasteiger partial charge on any atom is -0.460 e. The van der Waals surface area contributed by atoms with Crippen LogP contribution in [-0.2, 0) is 25.6 Å². The topological polar surface area (TPSA) is 69.6 Å². The number of ether oxygens (including phenoxy) is 2. The minimum atomic E-state index is -0.412. The molecule has 3 unspecified atom stereocenters. The predicted molar refractivity (Wildman–Crippen MR) is 139 cm³/mol. The summed E-state index contributed by atoms with van der Waals surface area (Å²) in [5, 5.41) is 5.69. The highest BCUT2D eigenvalue weighted by molar-refractivity contribution is 6.08. The molecule has 1 aliphatic carbocycles. The Morgan fingerprint density at radius 1 is 1.14 bits per heavy atom. The molecule has 0 spiro atoms. The normalized spacial score (nSPS) is 24.1. The third-order valence-electron chi connectivity index (χ3n) is 7.93. The first-order valence-corrected chi connectivity index (χ1v) is 13.1. The summed E-state index contributed by atoms with van der Waals surface area (Å²) >= 11 is 0. The molecule has 0 saturated carbocycles. The first-order chi connectivity index (χ1) is 17.6. The fraction of sp³-hybridized carbons (Fsp3) is 0.400. The molecule has 1 fully saturated rings. The van der Waals surface area contributed by atoms with Crippen LogP contribution < -0.4 is 5.32 Å². The lowest BCUT2D eigenvalue weighted by atomic mass is 9.71. The Hall–Kier alpha value is -3.38. The second-order valence-corrected chi connectivity index (χ2v) is 10.1. The van der Waals surface area contributed by atoms with Crippen molar-refractivity contribution < 1.29 is 19.1 Å². The molecule has 3 atom stereocenters. The third kappa shape index (κ3) is 3.75. The number of hydrogen-bond donors (Lipinski definition) is 1. The molecule has 3 heterocycles. The second-order valence-electron chi connectivity index (χ2n) is 10.1. The van der Waals surface area contributed by atoms with Crippen LogP contribution in [-0.4, -0.2) is 35.6 Å². The van der Waals surface area contributed by atoms with Gasteiger partial charge in [0.25, 0.3) is 0 Å². The Kier molecular flexibility index (Phi) is 5.92. The van der Waals surface area contributed by atoms with E-state index in [9.17, 15) is 9.59 Å². The van der Waals surface area contributed by atoms with Crippen molar-refractivity contribution in [1.82, 2.24) is 9.88 Å². The van der Waals surface area contributed by atoms with Crippen LogP contribution in [0.1, 0.15) is 51.0 Å². The number of nitrogens with one attached hydrogen (secondary N) is 1. The molecule has 3 aliphatic rings. The summed E-state index contributed by atoms with van der Waals surface area (Å²) in [6, 6.07) is 14.8. The highest BCUT2D eigenvalue weighted by Gasteiger charge is 2.43. The maximum Gasteiger partial charge on any atom is 0.336 e. The van der Waals surface area contributed by atoms with Gasteiger partial charge in [-0.3, -0.25) is 4.79 Å². The van der Waals surface area contributed by atoms with E-state index in [2.05, 4.69) is 65.3 Å². The van der Waals surface area contributed by atoms with Crippen molar-refractivity contribution in [3.8, 4) is 0 Å². The Bertz CT molecular complexity index is 1420. The van der Waals surface area contributed by atoms with Crippen LogP contribution >= 0.6 is 0 Å². The molecule has 0 amide bonds. The molecule has 1 N–H and O–H groups in total. The highest BCUT2D eigenvalue weighted by atomic mass is 16.6. The van der Waals surface area contributed by atoms with Gasteiger partial charge in [0.2, 0.25) is 0 Å². The molecule has 6 rings (SSSR count). The van der Waals surface area contributed by atoms with E-state index in [1.165, 1.54) is 10.9 Å². The van der Waals surface area contributed by atoms with E-state index in [0.717, 1.165) is 53.7 Å². The van der Waals surface area contributed by atoms with Crippen molar-refractivity contribution in [2.75, 3.05) is 13.2 Å². The van der Waals surface area contributed by atoms with Crippen molar-refractivity contribution in [2.45, 2.75) is 58.1 Å². The van der Waals surface area contributed by atoms with Gasteiger partial charge in [-0.15, -0.1) is 0 Å². The molecule has 3 aromatic rings. The summed E-state index contributed by atoms with van der Waals surface area (Å²) in [6.45, 7) is 5.88. The number of carbonyl (C=O) groups is 2. The summed E-state index contributed by atoms with van der Waals surface area (Å²) in [6.07, 6.45) is 5.16. The monoisotopic (exact) mass is 484 g/mol. The number of aryl methyl sites for hydroxylation is 1. The number of fused-ring (bicyclic) bond motifs is 4. The number of Topliss-reactive ketones (excluding diaryl/α,β-unsaturated/α-hetero) is 1. The standard InChI is InChI=1S/C30H32N2O4/c1-3-32-24-11-5-4-9-21(24)22-16-19(13-14-25(22)32)28-27(30(34)36-17-20-8-7-15-35-20)18(2)31-23-10-6-12-26(33)29(23)28/h4-5,9-11,13-14,16,20,28-29,31H,3,6-8,12,15,17H2,1-2H3. The lowest BCUT2D eigenvalue weighted by molar-refractivity contribution is -0.143. The first kappa shape index (κ1) is 23.0. The predicted octanol–water partition coefficient (Wildman–Crippen LogP) is 5.36. The average Bonchev–Trinajstić information content (AvgIpc) is 3.52. The highest BCUT2D eigenvalue weighted by Crippen LogP contribution is 2.45. The van der Waals surface area contributed by atoms with Crippen molar-refractivity contribution in [1.29, 1.82) is 0 Å². The van der Waals surface area contributed by atoms with Gasteiger partial charge >= 0.3 is 5.97 Å². The van der Waals surface area contributed by atoms with Crippen molar-refractivity contribution in [2.24, 2.45) is 5.92 Å². The molecule has 0 radical (unpaired) electrons. The molecule has 2 aromatic carbocycles. The van der Waals surface area contributed by atoms with Crippen LogP contribution in [0.3, 0.4) is 0 Å². The first-order valence-electron chi connectivity index (χ1n) is 13.1. The molecular weight excluding hydrogens is 452 g/mol. The van der Waals surface area contributed by atoms with Crippen LogP contribution in [0.2, 0.25) is 0 Å². The zero-order chi connectivity index (χ0) is 24.8. The molecule has 1 saturated heterocycles. The van der Waals surface area contributed by atoms with E-state index in [-0.39, 0.29) is 24.5 Å². The maximum atomic E-state index is 13.5. The van der Waals surface area contributed by atoms with Crippen LogP contribution in [0.15, 0.2) is 65.5 Å². The van der Waals surface area contributed by atoms with Gasteiger partial charge in [-0.05, 0) is 56.9 Å². The molecule has 2 aliphatic heterocycles. The molecule has 36 heavy (non-hydrogen) atoms. The van der Waals surface area contributed by atoms with E-state index in [4.69, 9.17) is 9.47 Å². The van der Waals surface area contributed by atoms with E-state index in [1.54, 1.807) is 0 Å². The largest absolute Gasteiger partial charge is 0.460 e. The average molecular weight is 485 g/mol. The number of allylic oxidation sites excluding steroid dienone is 3. The van der Waals surface area contributed by atoms with Crippen LogP contribution in [0, 0.1) is 5.92 Å². The number of ketones is 1. The SMILES string of the molecule is CCn1c2ccccc2c2cc(C3C(C(=O)OCC4CCCO4)=C(C)NC4=CCCC(=O)C43)ccc21. The van der Waals surface area contributed by atoms with Crippen molar-refractivity contribution in [3.63, 3.8) is 0 Å². The second kappa shape index (κ2) is 9.25. The van der Waals surface area contributed by atoms with Gasteiger partial charge in [-0.1, -0.05) is 30.3 Å². The van der Waals surface area contributed by atoms with E-state index >= 15 is 0 Å². The zero-order valence-electron chi connectivity index (χ0n) is 20.9. The van der Waals surface area contributed by atoms with Crippen LogP contribution in [0.5, 0.6) is 0 Å². The summed E-state index contributed by atoms with van der Waals surface area (Å²) < 4.78 is 13.8. The minimum absolute atomic E-state index is 0.0480. The van der Waals surface area contributed by atoms with Crippen LogP contribution in [0.25, 0.3) is 21.8 Å². The number of esters is 1. The maximum absolute atomic E-state index is 13.5. The number of hydrogen-bond acceptors (Lipinski definition) is 5. The molecule has 6 heteroatoms. The molecule has 1 aromatic heterocycles. The van der Waals surface area contributed by atoms with Gasteiger partial charge in [0.1, 0.15) is 12.4 Å². The number of para-hydroxylation sites is 1. The smallest absolute Gasteiger partial charge is 0.336 e. The number of nitrogens with zero attached hydrogens (tertiary/aromatic N) is 1. The van der Waals surface area contributed by atoms with Gasteiger partial charge in [0, 0.05) is 58.7 Å². The van der Waals surface area contributed by atoms with Gasteiger partial charge in [-0.2, -0.15) is 0 Å². The molecule has 6 nitrogen and oxygen atoms in total. The Balaban J connectivity index is 1.47. The van der Waals surface area contributed by atoms with Crippen molar-refractivity contribution in [3.05, 3.63) is 71.1 Å². The van der Waals surface area contributed by atoms with Gasteiger partial charge < -0.3 is 19.4 Å². The van der Waals surface area contributed by atoms with E-state index < -0.39 is 11.8 Å². The Labute approximate surface area is 210 Å². The Morgan fingerprint density at radius 2 is 1.97 bits per heavy atom. The Morgan fingerprint density at radius 3 is 2.78 bits per heavy atom. The van der Waals surface area contributed by atoms with Crippen molar-refractivity contribution >= 4 is 33.6 Å². The molecule has 0 bridgehead atoms. The van der Waals surface area contributed by atoms with E-state index in [1.807, 2.05) is 6.92 Å². The van der Waals surface area contributed by atoms with Gasteiger partial charge in [-0.25, -0.2) is 4.79 Å². The third-order valence-corrected chi connectivity index (χ3v) is 7.93. The van der Waals surface area contributed by atoms with Gasteiger partial charge in [0.05, 0.1) is 17.6 Å². The lowest BCUT2D eigenvalue weighted by Gasteiger charge is -2.38. The quantitative estimate of drug-likeness (QED) is 0.494. The lowest BCUT2D eigenvalue weighted by Crippen LogP contribution is -2.41. The summed E-state index contributed by atoms with van der Waals surface area (Å²) in [5.41, 5.74) is 5.52. The number of benzene rings is 2. The summed E-state index contributed by atoms with van der Waals surface area (Å²) in [4.78, 5) is 26.8. The number of aromatic nitrogens is 1. The number of rotatable bonds is 5. The van der Waals surface area contributed by atoms with Crippen LogP contribution in [0.4, 0.5) is 0 Å². The number of carbonyl (C=O) groups excluding carboxylic acids is 2. The fourth-order valence-electron chi connectivity index (χ4n) is 6.27. The molecular formula is C30H32N2O4. The van der Waals surface area contributed by atoms with Gasteiger partial charge in [0.15, 0.2) is 0 Å². The summed E-state index contributed by atoms with van der Waals surface area (Å²) in [7, 11) is 0. The molecule has 186 valence electrons.